The Morgan fingerprint density at radius 1 is 1.00 bits per heavy atom. The third kappa shape index (κ3) is 2.54. The summed E-state index contributed by atoms with van der Waals surface area (Å²) in [5.74, 6) is -0.511. The van der Waals surface area contributed by atoms with E-state index in [2.05, 4.69) is 0 Å². The Labute approximate surface area is 119 Å². The molecule has 2 aromatic rings. The fraction of sp³-hybridized carbons (Fsp3) is 0.188. The molecule has 1 unspecified atom stereocenters. The number of benzene rings is 2. The maximum atomic E-state index is 13.7. The highest BCUT2D eigenvalue weighted by Crippen LogP contribution is 2.49. The zero-order valence-corrected chi connectivity index (χ0v) is 12.3. The molecule has 104 valence electrons. The van der Waals surface area contributed by atoms with E-state index in [0.29, 0.717) is 17.0 Å². The first-order valence-corrected chi connectivity index (χ1v) is 8.38. The number of nitrogens with two attached hydrogens (primary N) is 1. The number of carbonyl (C=O) groups is 1. The van der Waals surface area contributed by atoms with Crippen LogP contribution in [0.5, 0.6) is 0 Å². The number of hydrogen-bond donors (Lipinski definition) is 1. The lowest BCUT2D eigenvalue weighted by Gasteiger charge is -2.25. The summed E-state index contributed by atoms with van der Waals surface area (Å²) in [6.07, 6.45) is 0.455. The van der Waals surface area contributed by atoms with Crippen LogP contribution in [0, 0.1) is 0 Å². The number of amides is 1. The van der Waals surface area contributed by atoms with Crippen molar-refractivity contribution in [2.24, 2.45) is 5.73 Å². The van der Waals surface area contributed by atoms with Crippen LogP contribution >= 0.6 is 7.14 Å². The van der Waals surface area contributed by atoms with Crippen molar-refractivity contribution >= 4 is 23.7 Å². The summed E-state index contributed by atoms with van der Waals surface area (Å²) in [7, 11) is -3.06. The Bertz CT molecular complexity index is 582. The molecule has 4 heteroatoms. The summed E-state index contributed by atoms with van der Waals surface area (Å²) in [5, 5.41) is 1.36. The van der Waals surface area contributed by atoms with Crippen LogP contribution in [-0.2, 0) is 9.36 Å². The molecule has 0 aliphatic rings. The average molecular weight is 287 g/mol. The van der Waals surface area contributed by atoms with Gasteiger partial charge in [-0.1, -0.05) is 67.6 Å². The average Bonchev–Trinajstić information content (AvgIpc) is 2.49. The molecule has 2 aromatic carbocycles. The number of primary amides is 1. The zero-order valence-electron chi connectivity index (χ0n) is 11.4. The number of hydrogen-bond acceptors (Lipinski definition) is 2. The van der Waals surface area contributed by atoms with Crippen LogP contribution in [0.2, 0.25) is 0 Å². The number of rotatable bonds is 5. The molecule has 0 saturated carbocycles. The second-order valence-electron chi connectivity index (χ2n) is 4.66. The predicted molar refractivity (Wildman–Crippen MR) is 83.0 cm³/mol. The molecule has 2 N–H and O–H groups in total. The maximum absolute atomic E-state index is 13.7. The van der Waals surface area contributed by atoms with Crippen molar-refractivity contribution in [3.63, 3.8) is 0 Å². The molecule has 0 spiro atoms. The van der Waals surface area contributed by atoms with Crippen molar-refractivity contribution < 1.29 is 9.36 Å². The van der Waals surface area contributed by atoms with E-state index in [9.17, 15) is 9.36 Å². The summed E-state index contributed by atoms with van der Waals surface area (Å²) >= 11 is 0. The molecule has 2 rings (SSSR count). The zero-order chi connectivity index (χ0) is 14.6. The van der Waals surface area contributed by atoms with Gasteiger partial charge in [0.25, 0.3) is 0 Å². The van der Waals surface area contributed by atoms with E-state index in [-0.39, 0.29) is 0 Å². The first-order chi connectivity index (χ1) is 9.60. The van der Waals surface area contributed by atoms with Crippen LogP contribution in [0.4, 0.5) is 0 Å². The Balaban J connectivity index is 2.67. The van der Waals surface area contributed by atoms with E-state index in [0.717, 1.165) is 0 Å². The van der Waals surface area contributed by atoms with Crippen LogP contribution in [0.1, 0.15) is 13.3 Å². The molecule has 3 nitrogen and oxygen atoms in total. The van der Waals surface area contributed by atoms with Crippen molar-refractivity contribution in [1.82, 2.24) is 0 Å². The fourth-order valence-electron chi connectivity index (χ4n) is 2.45. The summed E-state index contributed by atoms with van der Waals surface area (Å²) in [5.41, 5.74) is 4.82. The van der Waals surface area contributed by atoms with Gasteiger partial charge in [0.1, 0.15) is 0 Å². The van der Waals surface area contributed by atoms with Gasteiger partial charge in [0.15, 0.2) is 7.14 Å². The van der Waals surface area contributed by atoms with Crippen LogP contribution in [0.15, 0.2) is 60.7 Å². The molecule has 0 saturated heterocycles. The van der Waals surface area contributed by atoms with Gasteiger partial charge in [0.05, 0.1) is 5.66 Å². The predicted octanol–water partition coefficient (Wildman–Crippen LogP) is 2.26. The molecule has 0 aliphatic heterocycles. The molecule has 0 fully saturated rings. The van der Waals surface area contributed by atoms with Gasteiger partial charge in [-0.3, -0.25) is 4.79 Å². The maximum Gasteiger partial charge on any atom is 0.228 e. The molecule has 0 aromatic heterocycles. The molecule has 20 heavy (non-hydrogen) atoms. The van der Waals surface area contributed by atoms with Gasteiger partial charge in [0.2, 0.25) is 5.91 Å². The molecule has 1 atom stereocenters. The van der Waals surface area contributed by atoms with Crippen LogP contribution in [-0.4, -0.2) is 11.6 Å². The van der Waals surface area contributed by atoms with Gasteiger partial charge in [-0.05, 0) is 6.42 Å². The first kappa shape index (κ1) is 14.5. The van der Waals surface area contributed by atoms with E-state index in [1.54, 1.807) is 24.3 Å². The highest BCUT2D eigenvalue weighted by atomic mass is 31.2. The van der Waals surface area contributed by atoms with Crippen LogP contribution in [0.3, 0.4) is 0 Å². The van der Waals surface area contributed by atoms with Gasteiger partial charge in [-0.15, -0.1) is 0 Å². The molecular formula is C16H18NO2P. The second kappa shape index (κ2) is 6.06. The van der Waals surface area contributed by atoms with E-state index >= 15 is 0 Å². The van der Waals surface area contributed by atoms with Crippen molar-refractivity contribution in [3.8, 4) is 0 Å². The van der Waals surface area contributed by atoms with Gasteiger partial charge >= 0.3 is 0 Å². The lowest BCUT2D eigenvalue weighted by atomic mass is 10.3. The van der Waals surface area contributed by atoms with Gasteiger partial charge in [-0.2, -0.15) is 0 Å². The molecule has 0 radical (unpaired) electrons. The van der Waals surface area contributed by atoms with Crippen molar-refractivity contribution in [2.45, 2.75) is 19.0 Å². The van der Waals surface area contributed by atoms with Crippen LogP contribution < -0.4 is 16.3 Å². The Morgan fingerprint density at radius 2 is 1.40 bits per heavy atom. The Morgan fingerprint density at radius 3 is 1.70 bits per heavy atom. The van der Waals surface area contributed by atoms with Crippen LogP contribution in [0.25, 0.3) is 0 Å². The molecule has 0 aliphatic carbocycles. The monoisotopic (exact) mass is 287 g/mol. The summed E-state index contributed by atoms with van der Waals surface area (Å²) in [6.45, 7) is 1.84. The fourth-order valence-corrected chi connectivity index (χ4v) is 5.57. The van der Waals surface area contributed by atoms with Crippen molar-refractivity contribution in [1.29, 1.82) is 0 Å². The minimum Gasteiger partial charge on any atom is -0.369 e. The quantitative estimate of drug-likeness (QED) is 0.857. The molecule has 1 amide bonds. The van der Waals surface area contributed by atoms with Gasteiger partial charge in [0, 0.05) is 10.6 Å². The smallest absolute Gasteiger partial charge is 0.228 e. The van der Waals surface area contributed by atoms with Gasteiger partial charge in [-0.25, -0.2) is 0 Å². The van der Waals surface area contributed by atoms with E-state index in [1.807, 2.05) is 43.3 Å². The van der Waals surface area contributed by atoms with E-state index < -0.39 is 18.7 Å². The molecular weight excluding hydrogens is 269 g/mol. The Hall–Kier alpha value is -1.86. The molecule has 0 heterocycles. The van der Waals surface area contributed by atoms with E-state index in [4.69, 9.17) is 5.73 Å². The van der Waals surface area contributed by atoms with E-state index in [1.165, 1.54) is 0 Å². The highest BCUT2D eigenvalue weighted by molar-refractivity contribution is 7.80. The third-order valence-electron chi connectivity index (χ3n) is 3.43. The lowest BCUT2D eigenvalue weighted by molar-refractivity contribution is -0.117. The molecule has 0 bridgehead atoms. The van der Waals surface area contributed by atoms with Crippen molar-refractivity contribution in [3.05, 3.63) is 60.7 Å². The number of carbonyl (C=O) groups excluding carboxylic acids is 1. The SMILES string of the molecule is CCC(C(N)=O)P(=O)(c1ccccc1)c1ccccc1. The largest absolute Gasteiger partial charge is 0.369 e. The summed E-state index contributed by atoms with van der Waals surface area (Å²) < 4.78 is 13.7. The second-order valence-corrected chi connectivity index (χ2v) is 7.63. The minimum absolute atomic E-state index is 0.455. The minimum atomic E-state index is -3.06. The van der Waals surface area contributed by atoms with Crippen molar-refractivity contribution in [2.75, 3.05) is 0 Å². The normalized spacial score (nSPS) is 12.8. The topological polar surface area (TPSA) is 60.2 Å². The first-order valence-electron chi connectivity index (χ1n) is 6.61. The summed E-state index contributed by atoms with van der Waals surface area (Å²) in [6, 6.07) is 18.3. The highest BCUT2D eigenvalue weighted by Gasteiger charge is 2.38. The summed E-state index contributed by atoms with van der Waals surface area (Å²) in [4.78, 5) is 11.8. The van der Waals surface area contributed by atoms with Gasteiger partial charge < -0.3 is 10.3 Å². The third-order valence-corrected chi connectivity index (χ3v) is 7.06. The standard InChI is InChI=1S/C16H18NO2P/c1-2-15(16(17)18)20(19,13-9-5-3-6-10-13)14-11-7-4-8-12-14/h3-12,15H,2H2,1H3,(H2,17,18). The Kier molecular flexibility index (Phi) is 4.41. The lowest BCUT2D eigenvalue weighted by Crippen LogP contribution is -2.35.